The Balaban J connectivity index is 2.06. The van der Waals surface area contributed by atoms with Crippen molar-refractivity contribution in [2.24, 2.45) is 0 Å². The molecule has 1 heterocycles. The van der Waals surface area contributed by atoms with Gasteiger partial charge < -0.3 is 10.0 Å². The Morgan fingerprint density at radius 2 is 2.10 bits per heavy atom. The number of carbonyl (C=O) groups is 1. The molecule has 20 heavy (non-hydrogen) atoms. The summed E-state index contributed by atoms with van der Waals surface area (Å²) in [6.45, 7) is 3.22. The van der Waals surface area contributed by atoms with E-state index in [2.05, 4.69) is 10.3 Å². The second kappa shape index (κ2) is 6.81. The predicted molar refractivity (Wildman–Crippen MR) is 74.2 cm³/mol. The van der Waals surface area contributed by atoms with Crippen LogP contribution in [0, 0.1) is 0 Å². The van der Waals surface area contributed by atoms with Crippen molar-refractivity contribution in [3.63, 3.8) is 0 Å². The van der Waals surface area contributed by atoms with E-state index in [-0.39, 0.29) is 12.5 Å². The maximum absolute atomic E-state index is 12.1. The van der Waals surface area contributed by atoms with E-state index in [0.29, 0.717) is 25.3 Å². The van der Waals surface area contributed by atoms with Crippen LogP contribution in [-0.2, 0) is 6.54 Å². The van der Waals surface area contributed by atoms with Gasteiger partial charge >= 0.3 is 0 Å². The molecule has 2 rings (SSSR count). The first kappa shape index (κ1) is 14.2. The zero-order chi connectivity index (χ0) is 14.4. The third kappa shape index (κ3) is 3.42. The Kier molecular flexibility index (Phi) is 4.84. The van der Waals surface area contributed by atoms with Crippen LogP contribution in [0.5, 0.6) is 0 Å². The Bertz CT molecular complexity index is 553. The molecule has 6 heteroatoms. The molecule has 6 nitrogen and oxygen atoms in total. The van der Waals surface area contributed by atoms with Crippen molar-refractivity contribution in [2.45, 2.75) is 13.5 Å². The fourth-order valence-corrected chi connectivity index (χ4v) is 1.93. The zero-order valence-electron chi connectivity index (χ0n) is 11.4. The van der Waals surface area contributed by atoms with E-state index in [0.717, 1.165) is 5.56 Å². The highest BCUT2D eigenvalue weighted by Gasteiger charge is 2.17. The van der Waals surface area contributed by atoms with Crippen LogP contribution in [0.4, 0.5) is 0 Å². The summed E-state index contributed by atoms with van der Waals surface area (Å²) in [6, 6.07) is 9.85. The van der Waals surface area contributed by atoms with E-state index in [4.69, 9.17) is 5.11 Å². The first-order valence-electron chi connectivity index (χ1n) is 6.58. The molecule has 1 N–H and O–H groups in total. The maximum Gasteiger partial charge on any atom is 0.276 e. The topological polar surface area (TPSA) is 71.2 Å². The average Bonchev–Trinajstić information content (AvgIpc) is 2.93. The minimum absolute atomic E-state index is 0.0578. The highest BCUT2D eigenvalue weighted by molar-refractivity contribution is 5.91. The number of likely N-dealkylation sites (N-methyl/N-ethyl adjacent to an activating group) is 1. The zero-order valence-corrected chi connectivity index (χ0v) is 11.4. The molecule has 0 saturated heterocycles. The molecule has 1 aromatic heterocycles. The minimum Gasteiger partial charge on any atom is -0.395 e. The number of rotatable bonds is 6. The van der Waals surface area contributed by atoms with Crippen LogP contribution >= 0.6 is 0 Å². The molecular formula is C14H18N4O2. The molecule has 0 fully saturated rings. The number of benzene rings is 1. The molecule has 0 saturated carbocycles. The van der Waals surface area contributed by atoms with Gasteiger partial charge in [-0.3, -0.25) is 4.79 Å². The van der Waals surface area contributed by atoms with Gasteiger partial charge in [0, 0.05) is 13.1 Å². The summed E-state index contributed by atoms with van der Waals surface area (Å²) >= 11 is 0. The smallest absolute Gasteiger partial charge is 0.276 e. The normalized spacial score (nSPS) is 10.5. The summed E-state index contributed by atoms with van der Waals surface area (Å²) in [5.74, 6) is -0.208. The summed E-state index contributed by atoms with van der Waals surface area (Å²) < 4.78 is 1.63. The minimum atomic E-state index is -0.208. The van der Waals surface area contributed by atoms with E-state index >= 15 is 0 Å². The first-order chi connectivity index (χ1) is 9.74. The van der Waals surface area contributed by atoms with Crippen molar-refractivity contribution in [1.82, 2.24) is 19.9 Å². The molecule has 0 radical (unpaired) electrons. The number of hydrogen-bond acceptors (Lipinski definition) is 4. The SMILES string of the molecule is CCN(CCO)C(=O)c1cn(Cc2ccccc2)nn1. The van der Waals surface area contributed by atoms with Crippen molar-refractivity contribution >= 4 is 5.91 Å². The Morgan fingerprint density at radius 3 is 2.75 bits per heavy atom. The van der Waals surface area contributed by atoms with E-state index in [1.54, 1.807) is 10.9 Å². The van der Waals surface area contributed by atoms with Crippen LogP contribution in [0.3, 0.4) is 0 Å². The molecule has 1 amide bonds. The lowest BCUT2D eigenvalue weighted by molar-refractivity contribution is 0.0726. The van der Waals surface area contributed by atoms with Crippen molar-refractivity contribution in [2.75, 3.05) is 19.7 Å². The van der Waals surface area contributed by atoms with Gasteiger partial charge in [0.15, 0.2) is 5.69 Å². The average molecular weight is 274 g/mol. The number of carbonyl (C=O) groups excluding carboxylic acids is 1. The van der Waals surface area contributed by atoms with Gasteiger partial charge in [-0.2, -0.15) is 0 Å². The van der Waals surface area contributed by atoms with Gasteiger partial charge in [-0.15, -0.1) is 5.10 Å². The van der Waals surface area contributed by atoms with Crippen molar-refractivity contribution in [1.29, 1.82) is 0 Å². The van der Waals surface area contributed by atoms with Gasteiger partial charge in [-0.05, 0) is 12.5 Å². The van der Waals surface area contributed by atoms with Gasteiger partial charge in [0.1, 0.15) is 0 Å². The van der Waals surface area contributed by atoms with Crippen LogP contribution in [0.15, 0.2) is 36.5 Å². The molecule has 1 aromatic carbocycles. The molecule has 0 aliphatic rings. The third-order valence-corrected chi connectivity index (χ3v) is 2.98. The standard InChI is InChI=1S/C14H18N4O2/c1-2-17(8-9-19)14(20)13-11-18(16-15-13)10-12-6-4-3-5-7-12/h3-7,11,19H,2,8-10H2,1H3. The second-order valence-electron chi connectivity index (χ2n) is 4.40. The van der Waals surface area contributed by atoms with Crippen molar-refractivity contribution in [3.05, 3.63) is 47.8 Å². The Labute approximate surface area is 117 Å². The van der Waals surface area contributed by atoms with Crippen LogP contribution in [0.1, 0.15) is 23.0 Å². The van der Waals surface area contributed by atoms with Gasteiger partial charge in [0.05, 0.1) is 19.3 Å². The number of aliphatic hydroxyl groups is 1. The summed E-state index contributed by atoms with van der Waals surface area (Å²) in [4.78, 5) is 13.7. The third-order valence-electron chi connectivity index (χ3n) is 2.98. The molecule has 0 atom stereocenters. The van der Waals surface area contributed by atoms with Gasteiger partial charge in [0.2, 0.25) is 0 Å². The van der Waals surface area contributed by atoms with Crippen LogP contribution in [-0.4, -0.2) is 50.6 Å². The van der Waals surface area contributed by atoms with E-state index in [1.165, 1.54) is 4.90 Å². The summed E-state index contributed by atoms with van der Waals surface area (Å²) in [5.41, 5.74) is 1.40. The summed E-state index contributed by atoms with van der Waals surface area (Å²) in [7, 11) is 0. The van der Waals surface area contributed by atoms with E-state index < -0.39 is 0 Å². The van der Waals surface area contributed by atoms with Crippen molar-refractivity contribution < 1.29 is 9.90 Å². The van der Waals surface area contributed by atoms with Crippen LogP contribution < -0.4 is 0 Å². The Morgan fingerprint density at radius 1 is 1.35 bits per heavy atom. The predicted octanol–water partition coefficient (Wildman–Crippen LogP) is 0.781. The molecule has 0 aliphatic carbocycles. The van der Waals surface area contributed by atoms with E-state index in [9.17, 15) is 4.79 Å². The lowest BCUT2D eigenvalue weighted by atomic mass is 10.2. The number of hydrogen-bond donors (Lipinski definition) is 1. The lowest BCUT2D eigenvalue weighted by Gasteiger charge is -2.17. The first-order valence-corrected chi connectivity index (χ1v) is 6.58. The van der Waals surface area contributed by atoms with Gasteiger partial charge in [0.25, 0.3) is 5.91 Å². The molecule has 0 spiro atoms. The number of aliphatic hydroxyl groups excluding tert-OH is 1. The monoisotopic (exact) mass is 274 g/mol. The highest BCUT2D eigenvalue weighted by atomic mass is 16.3. The summed E-state index contributed by atoms with van der Waals surface area (Å²) in [6.07, 6.45) is 1.63. The van der Waals surface area contributed by atoms with Crippen LogP contribution in [0.2, 0.25) is 0 Å². The molecule has 0 aliphatic heterocycles. The maximum atomic E-state index is 12.1. The van der Waals surface area contributed by atoms with Gasteiger partial charge in [-0.1, -0.05) is 35.5 Å². The highest BCUT2D eigenvalue weighted by Crippen LogP contribution is 2.04. The largest absolute Gasteiger partial charge is 0.395 e. The second-order valence-corrected chi connectivity index (χ2v) is 4.40. The molecule has 0 bridgehead atoms. The number of amides is 1. The fraction of sp³-hybridized carbons (Fsp3) is 0.357. The van der Waals surface area contributed by atoms with Crippen molar-refractivity contribution in [3.8, 4) is 0 Å². The van der Waals surface area contributed by atoms with Crippen LogP contribution in [0.25, 0.3) is 0 Å². The Hall–Kier alpha value is -2.21. The number of nitrogens with zero attached hydrogens (tertiary/aromatic N) is 4. The molecule has 106 valence electrons. The molecule has 0 unspecified atom stereocenters. The van der Waals surface area contributed by atoms with E-state index in [1.807, 2.05) is 37.3 Å². The molecule has 2 aromatic rings. The lowest BCUT2D eigenvalue weighted by Crippen LogP contribution is -2.33. The quantitative estimate of drug-likeness (QED) is 0.845. The fourth-order valence-electron chi connectivity index (χ4n) is 1.93. The summed E-state index contributed by atoms with van der Waals surface area (Å²) in [5, 5.41) is 16.8. The molecular weight excluding hydrogens is 256 g/mol. The van der Waals surface area contributed by atoms with Gasteiger partial charge in [-0.25, -0.2) is 4.68 Å². The number of aromatic nitrogens is 3.